The Morgan fingerprint density at radius 3 is 2.62 bits per heavy atom. The Balaban J connectivity index is 1.61. The van der Waals surface area contributed by atoms with Crippen LogP contribution in [0.3, 0.4) is 0 Å². The van der Waals surface area contributed by atoms with Crippen LogP contribution in [0.4, 0.5) is 0 Å². The van der Waals surface area contributed by atoms with E-state index >= 15 is 0 Å². The van der Waals surface area contributed by atoms with E-state index in [4.69, 9.17) is 0 Å². The van der Waals surface area contributed by atoms with E-state index in [0.29, 0.717) is 12.6 Å². The number of nitrogens with one attached hydrogen (secondary N) is 1. The molecule has 2 N–H and O–H groups in total. The third-order valence-corrected chi connectivity index (χ3v) is 5.53. The topological polar surface area (TPSA) is 49.3 Å². The number of hydrogen-bond acceptors (Lipinski definition) is 3. The third-order valence-electron chi connectivity index (χ3n) is 4.15. The highest BCUT2D eigenvalue weighted by Gasteiger charge is 2.18. The van der Waals surface area contributed by atoms with Gasteiger partial charge < -0.3 is 10.4 Å². The van der Waals surface area contributed by atoms with Crippen molar-refractivity contribution in [2.45, 2.75) is 25.0 Å². The predicted molar refractivity (Wildman–Crippen MR) is 87.8 cm³/mol. The van der Waals surface area contributed by atoms with Crippen molar-refractivity contribution in [3.63, 3.8) is 0 Å². The molecule has 0 amide bonds. The fraction of sp³-hybridized carbons (Fsp3) is 0.412. The maximum Gasteiger partial charge on any atom is 0.0914 e. The molecular weight excluding hydrogens is 282 g/mol. The molecule has 4 heteroatoms. The van der Waals surface area contributed by atoms with Gasteiger partial charge in [-0.25, -0.2) is 0 Å². The van der Waals surface area contributed by atoms with Gasteiger partial charge in [0.15, 0.2) is 0 Å². The van der Waals surface area contributed by atoms with Crippen LogP contribution in [0.15, 0.2) is 42.5 Å². The average Bonchev–Trinajstić information content (AvgIpc) is 2.53. The quantitative estimate of drug-likeness (QED) is 0.912. The molecule has 3 nitrogen and oxygen atoms in total. The summed E-state index contributed by atoms with van der Waals surface area (Å²) in [7, 11) is -0.629. The predicted octanol–water partition coefficient (Wildman–Crippen LogP) is 2.37. The number of fused-ring (bicyclic) bond motifs is 1. The van der Waals surface area contributed by atoms with Gasteiger partial charge in [-0.2, -0.15) is 0 Å². The summed E-state index contributed by atoms with van der Waals surface area (Å²) in [5.41, 5.74) is 0.945. The maximum absolute atomic E-state index is 11.3. The zero-order valence-electron chi connectivity index (χ0n) is 12.0. The van der Waals surface area contributed by atoms with Gasteiger partial charge in [-0.3, -0.25) is 4.21 Å². The molecule has 21 heavy (non-hydrogen) atoms. The Labute approximate surface area is 127 Å². The molecule has 0 bridgehead atoms. The summed E-state index contributed by atoms with van der Waals surface area (Å²) < 4.78 is 11.3. The van der Waals surface area contributed by atoms with Crippen molar-refractivity contribution in [3.8, 4) is 0 Å². The van der Waals surface area contributed by atoms with E-state index < -0.39 is 16.9 Å². The zero-order valence-corrected chi connectivity index (χ0v) is 12.8. The lowest BCUT2D eigenvalue weighted by atomic mass is 10.0. The smallest absolute Gasteiger partial charge is 0.0914 e. The van der Waals surface area contributed by atoms with E-state index in [2.05, 4.69) is 29.6 Å². The van der Waals surface area contributed by atoms with Crippen LogP contribution in [0.5, 0.6) is 0 Å². The first-order valence-corrected chi connectivity index (χ1v) is 8.96. The normalized spacial score (nSPS) is 24.0. The lowest BCUT2D eigenvalue weighted by molar-refractivity contribution is 0.169. The van der Waals surface area contributed by atoms with Crippen LogP contribution < -0.4 is 5.32 Å². The first-order chi connectivity index (χ1) is 10.2. The summed E-state index contributed by atoms with van der Waals surface area (Å²) in [6.45, 7) is 0.551. The van der Waals surface area contributed by atoms with Gasteiger partial charge in [0.2, 0.25) is 0 Å². The Morgan fingerprint density at radius 1 is 1.14 bits per heavy atom. The minimum absolute atomic E-state index is 0.387. The maximum atomic E-state index is 11.3. The van der Waals surface area contributed by atoms with E-state index in [1.165, 1.54) is 5.39 Å². The Kier molecular flexibility index (Phi) is 4.68. The highest BCUT2D eigenvalue weighted by molar-refractivity contribution is 7.85. The van der Waals surface area contributed by atoms with Crippen molar-refractivity contribution in [1.82, 2.24) is 5.32 Å². The SMILES string of the molecule is O=S1CCC(NCC(O)c2ccc3ccccc3c2)CC1. The number of benzene rings is 2. The lowest BCUT2D eigenvalue weighted by Gasteiger charge is -2.24. The number of aliphatic hydroxyl groups is 1. The first kappa shape index (κ1) is 14.7. The van der Waals surface area contributed by atoms with Crippen molar-refractivity contribution < 1.29 is 9.32 Å². The van der Waals surface area contributed by atoms with Crippen LogP contribution in [0, 0.1) is 0 Å². The fourth-order valence-corrected chi connectivity index (χ4v) is 4.11. The monoisotopic (exact) mass is 303 g/mol. The van der Waals surface area contributed by atoms with Crippen molar-refractivity contribution in [3.05, 3.63) is 48.0 Å². The Bertz CT molecular complexity index is 633. The van der Waals surface area contributed by atoms with Gasteiger partial charge in [0.1, 0.15) is 0 Å². The van der Waals surface area contributed by atoms with Gasteiger partial charge >= 0.3 is 0 Å². The molecule has 1 fully saturated rings. The van der Waals surface area contributed by atoms with Gasteiger partial charge in [0.05, 0.1) is 6.10 Å². The van der Waals surface area contributed by atoms with E-state index in [9.17, 15) is 9.32 Å². The lowest BCUT2D eigenvalue weighted by Crippen LogP contribution is -2.37. The van der Waals surface area contributed by atoms with Crippen LogP contribution in [0.2, 0.25) is 0 Å². The molecule has 1 saturated heterocycles. The fourth-order valence-electron chi connectivity index (χ4n) is 2.81. The second-order valence-electron chi connectivity index (χ2n) is 5.65. The molecule has 1 heterocycles. The summed E-state index contributed by atoms with van der Waals surface area (Å²) in [6.07, 6.45) is 1.38. The number of rotatable bonds is 4. The molecular formula is C17H21NO2S. The Hall–Kier alpha value is -1.23. The zero-order chi connectivity index (χ0) is 14.7. The van der Waals surface area contributed by atoms with Crippen molar-refractivity contribution in [1.29, 1.82) is 0 Å². The van der Waals surface area contributed by atoms with Gasteiger partial charge in [-0.1, -0.05) is 36.4 Å². The molecule has 0 aromatic heterocycles. The minimum atomic E-state index is -0.629. The molecule has 2 aromatic rings. The highest BCUT2D eigenvalue weighted by Crippen LogP contribution is 2.20. The molecule has 112 valence electrons. The standard InChI is InChI=1S/C17H21NO2S/c19-17(12-18-16-7-9-21(20)10-8-16)15-6-5-13-3-1-2-4-14(13)11-15/h1-6,11,16-19H,7-10,12H2. The third kappa shape index (κ3) is 3.70. The van der Waals surface area contributed by atoms with Crippen molar-refractivity contribution in [2.24, 2.45) is 0 Å². The van der Waals surface area contributed by atoms with Crippen LogP contribution in [-0.4, -0.2) is 33.4 Å². The number of hydrogen-bond donors (Lipinski definition) is 2. The second-order valence-corrected chi connectivity index (χ2v) is 7.35. The average molecular weight is 303 g/mol. The second kappa shape index (κ2) is 6.69. The van der Waals surface area contributed by atoms with Crippen molar-refractivity contribution >= 4 is 21.6 Å². The van der Waals surface area contributed by atoms with Gasteiger partial charge in [0, 0.05) is 34.9 Å². The van der Waals surface area contributed by atoms with E-state index in [1.54, 1.807) is 0 Å². The molecule has 2 aromatic carbocycles. The molecule has 0 aliphatic carbocycles. The summed E-state index contributed by atoms with van der Waals surface area (Å²) in [5.74, 6) is 1.56. The van der Waals surface area contributed by atoms with Crippen LogP contribution >= 0.6 is 0 Å². The van der Waals surface area contributed by atoms with E-state index in [0.717, 1.165) is 35.3 Å². The summed E-state index contributed by atoms with van der Waals surface area (Å²) in [4.78, 5) is 0. The number of aliphatic hydroxyl groups excluding tert-OH is 1. The summed E-state index contributed by atoms with van der Waals surface area (Å²) in [5, 5.41) is 16.1. The molecule has 1 aliphatic heterocycles. The molecule has 0 spiro atoms. The molecule has 1 unspecified atom stereocenters. The van der Waals surface area contributed by atoms with E-state index in [1.807, 2.05) is 18.2 Å². The largest absolute Gasteiger partial charge is 0.387 e. The van der Waals surface area contributed by atoms with Gasteiger partial charge in [-0.05, 0) is 35.2 Å². The van der Waals surface area contributed by atoms with Crippen LogP contribution in [0.1, 0.15) is 24.5 Å². The minimum Gasteiger partial charge on any atom is -0.387 e. The molecule has 3 rings (SSSR count). The summed E-state index contributed by atoms with van der Waals surface area (Å²) in [6, 6.07) is 14.7. The van der Waals surface area contributed by atoms with Crippen LogP contribution in [0.25, 0.3) is 10.8 Å². The first-order valence-electron chi connectivity index (χ1n) is 7.47. The van der Waals surface area contributed by atoms with Gasteiger partial charge in [-0.15, -0.1) is 0 Å². The van der Waals surface area contributed by atoms with Crippen molar-refractivity contribution in [2.75, 3.05) is 18.1 Å². The molecule has 1 aliphatic rings. The molecule has 1 atom stereocenters. The highest BCUT2D eigenvalue weighted by atomic mass is 32.2. The van der Waals surface area contributed by atoms with E-state index in [-0.39, 0.29) is 0 Å². The Morgan fingerprint density at radius 2 is 1.86 bits per heavy atom. The van der Waals surface area contributed by atoms with Crippen LogP contribution in [-0.2, 0) is 10.8 Å². The summed E-state index contributed by atoms with van der Waals surface area (Å²) >= 11 is 0. The van der Waals surface area contributed by atoms with Gasteiger partial charge in [0.25, 0.3) is 0 Å². The molecule has 0 radical (unpaired) electrons. The molecule has 0 saturated carbocycles.